The fourth-order valence-corrected chi connectivity index (χ4v) is 4.62. The number of likely N-dealkylation sites (tertiary alicyclic amines) is 1. The zero-order valence-corrected chi connectivity index (χ0v) is 17.1. The molecule has 2 aliphatic rings. The molecule has 4 rings (SSSR count). The molecule has 1 fully saturated rings. The van der Waals surface area contributed by atoms with Crippen LogP contribution in [0.4, 0.5) is 0 Å². The number of fused-ring (bicyclic) bond motifs is 1. The average Bonchev–Trinajstić information content (AvgIpc) is 3.11. The van der Waals surface area contributed by atoms with Gasteiger partial charge in [0.05, 0.1) is 19.8 Å². The molecule has 0 spiro atoms. The Labute approximate surface area is 171 Å². The van der Waals surface area contributed by atoms with E-state index < -0.39 is 0 Å². The summed E-state index contributed by atoms with van der Waals surface area (Å²) in [4.78, 5) is 18.8. The maximum absolute atomic E-state index is 12.4. The van der Waals surface area contributed by atoms with Crippen molar-refractivity contribution in [2.24, 2.45) is 0 Å². The van der Waals surface area contributed by atoms with Gasteiger partial charge in [-0.2, -0.15) is 0 Å². The third-order valence-electron chi connectivity index (χ3n) is 6.25. The monoisotopic (exact) mass is 394 g/mol. The van der Waals surface area contributed by atoms with Gasteiger partial charge >= 0.3 is 5.97 Å². The molecule has 1 aliphatic heterocycles. The van der Waals surface area contributed by atoms with Gasteiger partial charge in [0.25, 0.3) is 0 Å². The molecule has 0 N–H and O–H groups in total. The van der Waals surface area contributed by atoms with Gasteiger partial charge in [-0.15, -0.1) is 0 Å². The van der Waals surface area contributed by atoms with Gasteiger partial charge in [-0.3, -0.25) is 4.98 Å². The first-order chi connectivity index (χ1) is 14.1. The first kappa shape index (κ1) is 19.5. The second-order valence-electron chi connectivity index (χ2n) is 7.68. The van der Waals surface area contributed by atoms with Crippen LogP contribution < -0.4 is 9.47 Å². The van der Waals surface area contributed by atoms with Crippen LogP contribution in [-0.4, -0.2) is 49.7 Å². The summed E-state index contributed by atoms with van der Waals surface area (Å²) >= 11 is 0. The van der Waals surface area contributed by atoms with E-state index >= 15 is 0 Å². The Morgan fingerprint density at radius 2 is 2.03 bits per heavy atom. The van der Waals surface area contributed by atoms with Crippen molar-refractivity contribution >= 4 is 5.97 Å². The Kier molecular flexibility index (Phi) is 5.28. The number of aromatic nitrogens is 1. The van der Waals surface area contributed by atoms with E-state index in [9.17, 15) is 4.79 Å². The molecule has 1 aliphatic carbocycles. The number of carbonyl (C=O) groups is 1. The zero-order valence-electron chi connectivity index (χ0n) is 17.1. The molecule has 29 heavy (non-hydrogen) atoms. The van der Waals surface area contributed by atoms with E-state index in [1.54, 1.807) is 32.5 Å². The minimum atomic E-state index is -0.358. The van der Waals surface area contributed by atoms with Crippen molar-refractivity contribution in [3.63, 3.8) is 0 Å². The van der Waals surface area contributed by atoms with Gasteiger partial charge in [-0.1, -0.05) is 6.07 Å². The van der Waals surface area contributed by atoms with Gasteiger partial charge in [0.1, 0.15) is 5.76 Å². The number of rotatable bonds is 5. The highest BCUT2D eigenvalue weighted by Gasteiger charge is 2.49. The first-order valence-corrected chi connectivity index (χ1v) is 9.81. The number of likely N-dealkylation sites (N-methyl/N-ethyl adjacent to an activating group) is 1. The Morgan fingerprint density at radius 1 is 1.21 bits per heavy atom. The number of allylic oxidation sites excluding steroid dienone is 1. The van der Waals surface area contributed by atoms with Crippen LogP contribution in [0.2, 0.25) is 0 Å². The van der Waals surface area contributed by atoms with Crippen molar-refractivity contribution in [3.05, 3.63) is 65.7 Å². The summed E-state index contributed by atoms with van der Waals surface area (Å²) in [7, 11) is 5.45. The van der Waals surface area contributed by atoms with Crippen molar-refractivity contribution < 1.29 is 19.0 Å². The molecule has 1 aromatic heterocycles. The molecular weight excluding hydrogens is 368 g/mol. The highest BCUT2D eigenvalue weighted by atomic mass is 16.5. The summed E-state index contributed by atoms with van der Waals surface area (Å²) in [5.41, 5.74) is 1.67. The van der Waals surface area contributed by atoms with E-state index in [4.69, 9.17) is 14.2 Å². The van der Waals surface area contributed by atoms with Crippen LogP contribution in [0, 0.1) is 0 Å². The van der Waals surface area contributed by atoms with E-state index in [2.05, 4.69) is 35.1 Å². The standard InChI is InChI=1S/C23H26N2O4/c1-25-12-10-23(17-6-7-19(27-2)20(13-17)28-3)9-8-18(14-21(23)25)29-22(26)16-5-4-11-24-15-16/h4-8,11,13,15,21H,9-10,12,14H2,1-3H3/t21-,23?/m0/s1. The van der Waals surface area contributed by atoms with Crippen LogP contribution in [0.1, 0.15) is 35.2 Å². The Balaban J connectivity index is 1.61. The summed E-state index contributed by atoms with van der Waals surface area (Å²) in [5, 5.41) is 0. The predicted octanol–water partition coefficient (Wildman–Crippen LogP) is 3.58. The molecule has 0 bridgehead atoms. The van der Waals surface area contributed by atoms with Crippen LogP contribution in [0.3, 0.4) is 0 Å². The van der Waals surface area contributed by atoms with Crippen molar-refractivity contribution in [1.29, 1.82) is 0 Å². The summed E-state index contributed by atoms with van der Waals surface area (Å²) < 4.78 is 16.6. The van der Waals surface area contributed by atoms with E-state index in [0.717, 1.165) is 36.6 Å². The number of carbonyl (C=O) groups excluding carboxylic acids is 1. The van der Waals surface area contributed by atoms with E-state index in [-0.39, 0.29) is 17.4 Å². The van der Waals surface area contributed by atoms with Gasteiger partial charge in [0.2, 0.25) is 0 Å². The van der Waals surface area contributed by atoms with Crippen LogP contribution in [0.5, 0.6) is 11.5 Å². The number of pyridine rings is 1. The topological polar surface area (TPSA) is 60.9 Å². The van der Waals surface area contributed by atoms with E-state index in [1.165, 1.54) is 11.8 Å². The lowest BCUT2D eigenvalue weighted by molar-refractivity contribution is 0.0579. The predicted molar refractivity (Wildman–Crippen MR) is 109 cm³/mol. The fraction of sp³-hybridized carbons (Fsp3) is 0.391. The number of hydrogen-bond donors (Lipinski definition) is 0. The SMILES string of the molecule is COc1ccc(C23CC=C(OC(=O)c4cccnc4)C[C@@H]2N(C)CC3)cc1OC. The van der Waals surface area contributed by atoms with E-state index in [1.807, 2.05) is 6.07 Å². The molecule has 0 radical (unpaired) electrons. The average molecular weight is 394 g/mol. The lowest BCUT2D eigenvalue weighted by Gasteiger charge is -2.40. The first-order valence-electron chi connectivity index (χ1n) is 9.81. The molecule has 1 aromatic carbocycles. The molecule has 1 saturated heterocycles. The van der Waals surface area contributed by atoms with Crippen LogP contribution in [-0.2, 0) is 10.2 Å². The molecule has 0 saturated carbocycles. The largest absolute Gasteiger partial charge is 0.493 e. The van der Waals surface area contributed by atoms with Crippen LogP contribution in [0.15, 0.2) is 54.6 Å². The van der Waals surface area contributed by atoms with Crippen molar-refractivity contribution in [2.75, 3.05) is 27.8 Å². The van der Waals surface area contributed by atoms with Gasteiger partial charge in [-0.05, 0) is 62.3 Å². The van der Waals surface area contributed by atoms with E-state index in [0.29, 0.717) is 12.0 Å². The number of nitrogens with zero attached hydrogens (tertiary/aromatic N) is 2. The maximum atomic E-state index is 12.4. The second-order valence-corrected chi connectivity index (χ2v) is 7.68. The van der Waals surface area contributed by atoms with Gasteiger partial charge in [-0.25, -0.2) is 4.79 Å². The van der Waals surface area contributed by atoms with Crippen molar-refractivity contribution in [2.45, 2.75) is 30.7 Å². The Morgan fingerprint density at radius 3 is 2.76 bits per heavy atom. The summed E-state index contributed by atoms with van der Waals surface area (Å²) in [6, 6.07) is 9.90. The van der Waals surface area contributed by atoms with Crippen molar-refractivity contribution in [1.82, 2.24) is 9.88 Å². The van der Waals surface area contributed by atoms with Crippen LogP contribution >= 0.6 is 0 Å². The third kappa shape index (κ3) is 3.49. The van der Waals surface area contributed by atoms with Gasteiger partial charge in [0.15, 0.2) is 11.5 Å². The van der Waals surface area contributed by atoms with Gasteiger partial charge in [0, 0.05) is 30.3 Å². The number of esters is 1. The summed E-state index contributed by atoms with van der Waals surface area (Å²) in [5.74, 6) is 1.84. The van der Waals surface area contributed by atoms with Crippen molar-refractivity contribution in [3.8, 4) is 11.5 Å². The molecule has 2 heterocycles. The molecule has 0 amide bonds. The lowest BCUT2D eigenvalue weighted by Crippen LogP contribution is -2.43. The fourth-order valence-electron chi connectivity index (χ4n) is 4.62. The maximum Gasteiger partial charge on any atom is 0.344 e. The number of hydrogen-bond acceptors (Lipinski definition) is 6. The highest BCUT2D eigenvalue weighted by molar-refractivity contribution is 5.89. The molecule has 2 atom stereocenters. The quantitative estimate of drug-likeness (QED) is 0.723. The number of ether oxygens (including phenoxy) is 3. The molecule has 152 valence electrons. The second kappa shape index (κ2) is 7.87. The van der Waals surface area contributed by atoms with Crippen LogP contribution in [0.25, 0.3) is 0 Å². The Hall–Kier alpha value is -2.86. The third-order valence-corrected chi connectivity index (χ3v) is 6.25. The number of methoxy groups -OCH3 is 2. The molecule has 6 heteroatoms. The Bertz CT molecular complexity index is 928. The molecular formula is C23H26N2O4. The summed E-state index contributed by atoms with van der Waals surface area (Å²) in [6.45, 7) is 0.997. The number of benzene rings is 1. The summed E-state index contributed by atoms with van der Waals surface area (Å²) in [6.07, 6.45) is 7.79. The minimum absolute atomic E-state index is 0.0293. The van der Waals surface area contributed by atoms with Gasteiger partial charge < -0.3 is 19.1 Å². The zero-order chi connectivity index (χ0) is 20.4. The highest BCUT2D eigenvalue weighted by Crippen LogP contribution is 2.49. The lowest BCUT2D eigenvalue weighted by atomic mass is 9.68. The normalized spacial score (nSPS) is 23.8. The molecule has 2 aromatic rings. The molecule has 1 unspecified atom stereocenters. The molecule has 6 nitrogen and oxygen atoms in total. The smallest absolute Gasteiger partial charge is 0.344 e. The minimum Gasteiger partial charge on any atom is -0.493 e.